The summed E-state index contributed by atoms with van der Waals surface area (Å²) in [5, 5.41) is 14.8. The number of aromatic nitrogens is 8. The van der Waals surface area contributed by atoms with Gasteiger partial charge in [0, 0.05) is 38.8 Å². The van der Waals surface area contributed by atoms with E-state index >= 15 is 0 Å². The van der Waals surface area contributed by atoms with Crippen molar-refractivity contribution in [3.8, 4) is 0 Å². The molecule has 0 saturated heterocycles. The molecule has 0 aliphatic heterocycles. The van der Waals surface area contributed by atoms with Crippen LogP contribution in [0.25, 0.3) is 22.1 Å². The molecule has 0 saturated carbocycles. The Morgan fingerprint density at radius 2 is 1.34 bits per heavy atom. The molecule has 308 valence electrons. The van der Waals surface area contributed by atoms with Crippen molar-refractivity contribution in [3.05, 3.63) is 82.4 Å². The summed E-state index contributed by atoms with van der Waals surface area (Å²) in [6.45, 7) is 15.2. The van der Waals surface area contributed by atoms with E-state index in [1.807, 2.05) is 75.8 Å². The Hall–Kier alpha value is -6.52. The average Bonchev–Trinajstić information content (AvgIpc) is 3.91. The molecule has 4 heterocycles. The molecule has 0 bridgehead atoms. The number of primary amides is 1. The third kappa shape index (κ3) is 9.19. The van der Waals surface area contributed by atoms with Crippen LogP contribution in [0.1, 0.15) is 103 Å². The van der Waals surface area contributed by atoms with Gasteiger partial charge in [0.2, 0.25) is 17.8 Å². The monoisotopic (exact) mass is 794 g/mol. The van der Waals surface area contributed by atoms with Crippen LogP contribution >= 0.6 is 0 Å². The lowest BCUT2D eigenvalue weighted by molar-refractivity contribution is 0.0285. The molecule has 4 N–H and O–H groups in total. The first-order chi connectivity index (χ1) is 27.1. The van der Waals surface area contributed by atoms with E-state index in [0.29, 0.717) is 78.9 Å². The number of rotatable bonds is 14. The zero-order chi connectivity index (χ0) is 41.2. The van der Waals surface area contributed by atoms with Gasteiger partial charge in [0.25, 0.3) is 11.8 Å². The predicted molar refractivity (Wildman–Crippen MR) is 223 cm³/mol. The number of aryl methyl sites for hydroxylation is 6. The highest BCUT2D eigenvalue weighted by atomic mass is 16.6. The van der Waals surface area contributed by atoms with Crippen LogP contribution < -0.4 is 16.4 Å². The van der Waals surface area contributed by atoms with E-state index in [0.717, 1.165) is 28.0 Å². The Morgan fingerprint density at radius 3 is 1.88 bits per heavy atom. The third-order valence-electron chi connectivity index (χ3n) is 9.34. The molecule has 6 rings (SSSR count). The van der Waals surface area contributed by atoms with E-state index in [-0.39, 0.29) is 25.8 Å². The number of nitrogens with zero attached hydrogens (tertiary/aromatic N) is 9. The number of amides is 4. The van der Waals surface area contributed by atoms with Gasteiger partial charge in [-0.1, -0.05) is 19.6 Å². The maximum atomic E-state index is 13.7. The van der Waals surface area contributed by atoms with E-state index in [4.69, 9.17) is 20.4 Å². The minimum Gasteiger partial charge on any atom is -0.444 e. The quantitative estimate of drug-likeness (QED) is 0.103. The molecule has 0 radical (unpaired) electrons. The fourth-order valence-electron chi connectivity index (χ4n) is 6.73. The van der Waals surface area contributed by atoms with Crippen molar-refractivity contribution < 1.29 is 23.9 Å². The normalized spacial score (nSPS) is 11.4. The topological polar surface area (TPSA) is 202 Å². The molecule has 0 aliphatic rings. The molecule has 0 atom stereocenters. The highest BCUT2D eigenvalue weighted by molar-refractivity contribution is 6.04. The number of anilines is 2. The van der Waals surface area contributed by atoms with Crippen molar-refractivity contribution >= 4 is 57.8 Å². The van der Waals surface area contributed by atoms with Gasteiger partial charge in [0.1, 0.15) is 17.0 Å². The number of benzene rings is 2. The second kappa shape index (κ2) is 17.3. The number of unbranched alkanes of at least 4 members (excludes halogenated alkanes) is 1. The lowest BCUT2D eigenvalue weighted by atomic mass is 10.1. The van der Waals surface area contributed by atoms with Gasteiger partial charge in [-0.3, -0.25) is 34.4 Å². The van der Waals surface area contributed by atoms with E-state index < -0.39 is 17.6 Å². The van der Waals surface area contributed by atoms with Crippen molar-refractivity contribution in [2.75, 3.05) is 17.7 Å². The fraction of sp³-hybridized carbons (Fsp3) is 0.415. The number of carbonyl (C=O) groups is 4. The molecular formula is C41H54N12O5. The summed E-state index contributed by atoms with van der Waals surface area (Å²) in [7, 11) is 1.67. The Balaban J connectivity index is 0.00000641. The number of hydrogen-bond acceptors (Lipinski definition) is 9. The number of nitrogens with one attached hydrogen (secondary N) is 2. The fourth-order valence-corrected chi connectivity index (χ4v) is 6.73. The number of carbonyl (C=O) groups excluding carboxylic acids is 4. The van der Waals surface area contributed by atoms with Crippen LogP contribution in [0.15, 0.2) is 48.5 Å². The minimum absolute atomic E-state index is 0. The van der Waals surface area contributed by atoms with Crippen molar-refractivity contribution in [1.82, 2.24) is 43.6 Å². The van der Waals surface area contributed by atoms with Gasteiger partial charge < -0.3 is 24.5 Å². The molecule has 0 unspecified atom stereocenters. The summed E-state index contributed by atoms with van der Waals surface area (Å²) >= 11 is 0. The van der Waals surface area contributed by atoms with Gasteiger partial charge in [-0.2, -0.15) is 10.2 Å². The molecule has 6 aromatic rings. The molecule has 0 fully saturated rings. The van der Waals surface area contributed by atoms with Gasteiger partial charge >= 0.3 is 6.09 Å². The Labute approximate surface area is 337 Å². The smallest absolute Gasteiger partial charge is 0.410 e. The molecule has 4 amide bonds. The molecule has 58 heavy (non-hydrogen) atoms. The first kappa shape index (κ1) is 42.6. The average molecular weight is 795 g/mol. The SMILES string of the molecule is C.CCn1nc(C)cc1C(=O)Nc1nc2cc(C(N)=O)ccc2n1CCCCn1c(NC(=O)c2cc(C)nn2CC)nc2c(CN(C)C(=O)OC(C)(C)C)cccc21. The van der Waals surface area contributed by atoms with Crippen molar-refractivity contribution in [2.45, 2.75) is 107 Å². The second-order valence-electron chi connectivity index (χ2n) is 15.0. The van der Waals surface area contributed by atoms with E-state index in [1.165, 1.54) is 4.90 Å². The number of para-hydroxylation sites is 1. The van der Waals surface area contributed by atoms with Gasteiger partial charge in [0.15, 0.2) is 0 Å². The summed E-state index contributed by atoms with van der Waals surface area (Å²) in [5.41, 5.74) is 10.9. The maximum absolute atomic E-state index is 13.7. The number of hydrogen-bond donors (Lipinski definition) is 3. The summed E-state index contributed by atoms with van der Waals surface area (Å²) < 4.78 is 12.7. The number of nitrogens with two attached hydrogens (primary N) is 1. The molecule has 4 aromatic heterocycles. The van der Waals surface area contributed by atoms with Gasteiger partial charge in [-0.25, -0.2) is 14.8 Å². The second-order valence-corrected chi connectivity index (χ2v) is 15.0. The van der Waals surface area contributed by atoms with E-state index in [1.54, 1.807) is 46.7 Å². The molecule has 17 nitrogen and oxygen atoms in total. The standard InChI is InChI=1S/C40H50N12O5.CH4/c1-9-51-31(20-24(3)46-51)35(54)44-37-42-28-22-26(34(41)53)16-17-29(28)49(37)18-11-12-19-50-30-15-13-14-27(23-48(8)39(56)57-40(5,6)7)33(30)43-38(50)45-36(55)32-21-25(4)47-52(32)10-2;/h13-17,20-22H,9-12,18-19,23H2,1-8H3,(H2,41,53)(H,42,44,54)(H,43,45,55);1H4. The zero-order valence-electron chi connectivity index (χ0n) is 33.7. The lowest BCUT2D eigenvalue weighted by Gasteiger charge is -2.24. The largest absolute Gasteiger partial charge is 0.444 e. The van der Waals surface area contributed by atoms with Crippen LogP contribution in [-0.4, -0.2) is 80.0 Å². The molecule has 17 heteroatoms. The Bertz CT molecular complexity index is 2480. The highest BCUT2D eigenvalue weighted by Gasteiger charge is 2.24. The third-order valence-corrected chi connectivity index (χ3v) is 9.34. The van der Waals surface area contributed by atoms with Crippen LogP contribution in [0, 0.1) is 13.8 Å². The summed E-state index contributed by atoms with van der Waals surface area (Å²) in [6, 6.07) is 14.2. The van der Waals surface area contributed by atoms with Gasteiger partial charge in [-0.05, 0) is 103 Å². The highest BCUT2D eigenvalue weighted by Crippen LogP contribution is 2.27. The van der Waals surface area contributed by atoms with Crippen LogP contribution in [-0.2, 0) is 37.5 Å². The maximum Gasteiger partial charge on any atom is 0.410 e. The summed E-state index contributed by atoms with van der Waals surface area (Å²) in [5.74, 6) is -0.611. The van der Waals surface area contributed by atoms with Crippen LogP contribution in [0.3, 0.4) is 0 Å². The van der Waals surface area contributed by atoms with Crippen LogP contribution in [0.2, 0.25) is 0 Å². The zero-order valence-corrected chi connectivity index (χ0v) is 33.7. The first-order valence-electron chi connectivity index (χ1n) is 19.0. The number of fused-ring (bicyclic) bond motifs is 2. The summed E-state index contributed by atoms with van der Waals surface area (Å²) in [4.78, 5) is 63.2. The number of ether oxygens (including phenoxy) is 1. The van der Waals surface area contributed by atoms with Crippen molar-refractivity contribution in [2.24, 2.45) is 5.73 Å². The molecule has 0 aliphatic carbocycles. The van der Waals surface area contributed by atoms with Crippen LogP contribution in [0.4, 0.5) is 16.7 Å². The molecule has 2 aromatic carbocycles. The minimum atomic E-state index is -0.653. The Kier molecular flexibility index (Phi) is 12.7. The van der Waals surface area contributed by atoms with E-state index in [9.17, 15) is 19.2 Å². The predicted octanol–water partition coefficient (Wildman–Crippen LogP) is 6.52. The van der Waals surface area contributed by atoms with Gasteiger partial charge in [-0.15, -0.1) is 0 Å². The summed E-state index contributed by atoms with van der Waals surface area (Å²) in [6.07, 6.45) is 0.806. The lowest BCUT2D eigenvalue weighted by Crippen LogP contribution is -2.33. The van der Waals surface area contributed by atoms with Crippen LogP contribution in [0.5, 0.6) is 0 Å². The van der Waals surface area contributed by atoms with Crippen molar-refractivity contribution in [1.29, 1.82) is 0 Å². The molecular weight excluding hydrogens is 741 g/mol. The first-order valence-corrected chi connectivity index (χ1v) is 19.0. The van der Waals surface area contributed by atoms with E-state index in [2.05, 4.69) is 20.8 Å². The Morgan fingerprint density at radius 1 is 0.793 bits per heavy atom. The van der Waals surface area contributed by atoms with Gasteiger partial charge in [0.05, 0.1) is 40.0 Å². The number of imidazole rings is 2. The molecule has 0 spiro atoms. The van der Waals surface area contributed by atoms with Crippen molar-refractivity contribution in [3.63, 3.8) is 0 Å².